The summed E-state index contributed by atoms with van der Waals surface area (Å²) in [6.07, 6.45) is 0.945. The molecule has 0 amide bonds. The molecular formula is C10H17NO2. The van der Waals surface area contributed by atoms with Crippen molar-refractivity contribution in [3.63, 3.8) is 0 Å². The predicted octanol–water partition coefficient (Wildman–Crippen LogP) is 1.05. The quantitative estimate of drug-likeness (QED) is 0.660. The zero-order chi connectivity index (χ0) is 10.2. The van der Waals surface area contributed by atoms with Gasteiger partial charge in [0.15, 0.2) is 0 Å². The number of hydrogen-bond acceptors (Lipinski definition) is 3. The molecule has 1 aliphatic heterocycles. The Hall–Kier alpha value is -0.700. The Morgan fingerprint density at radius 2 is 2.00 bits per heavy atom. The van der Waals surface area contributed by atoms with Crippen molar-refractivity contribution in [3.05, 3.63) is 0 Å². The summed E-state index contributed by atoms with van der Waals surface area (Å²) < 4.78 is 0. The van der Waals surface area contributed by atoms with E-state index in [1.165, 1.54) is 6.92 Å². The van der Waals surface area contributed by atoms with Gasteiger partial charge in [0.2, 0.25) is 0 Å². The smallest absolute Gasteiger partial charge is 0.140 e. The maximum atomic E-state index is 11.1. The van der Waals surface area contributed by atoms with Gasteiger partial charge < -0.3 is 5.11 Å². The van der Waals surface area contributed by atoms with E-state index in [1.807, 2.05) is 20.8 Å². The first kappa shape index (κ1) is 10.4. The van der Waals surface area contributed by atoms with E-state index in [0.29, 0.717) is 0 Å². The van der Waals surface area contributed by atoms with Crippen LogP contribution >= 0.6 is 0 Å². The molecule has 1 aliphatic rings. The van der Waals surface area contributed by atoms with E-state index in [2.05, 4.69) is 4.99 Å². The van der Waals surface area contributed by atoms with Gasteiger partial charge in [0.25, 0.3) is 0 Å². The second-order valence-corrected chi connectivity index (χ2v) is 4.74. The number of aliphatic imine (C=N–C) groups is 1. The Labute approximate surface area is 78.9 Å². The van der Waals surface area contributed by atoms with Crippen molar-refractivity contribution in [2.45, 2.75) is 39.8 Å². The number of hydrogen-bond donors (Lipinski definition) is 1. The van der Waals surface area contributed by atoms with E-state index in [9.17, 15) is 9.90 Å². The Morgan fingerprint density at radius 1 is 1.46 bits per heavy atom. The molecule has 0 aromatic heterocycles. The molecule has 0 spiro atoms. The van der Waals surface area contributed by atoms with Gasteiger partial charge in [-0.1, -0.05) is 20.8 Å². The minimum Gasteiger partial charge on any atom is -0.390 e. The molecule has 1 heterocycles. The van der Waals surface area contributed by atoms with Crippen molar-refractivity contribution < 1.29 is 9.90 Å². The highest BCUT2D eigenvalue weighted by molar-refractivity contribution is 5.95. The standard InChI is InChI=1S/C10H17NO2/c1-6(12)7-5-11-9(8(7)13)10(2,3)4/h5,7-9,13H,1-4H3. The largest absolute Gasteiger partial charge is 0.390 e. The Bertz CT molecular complexity index is 240. The van der Waals surface area contributed by atoms with Crippen LogP contribution < -0.4 is 0 Å². The van der Waals surface area contributed by atoms with Gasteiger partial charge in [0, 0.05) is 6.21 Å². The van der Waals surface area contributed by atoms with E-state index in [4.69, 9.17) is 0 Å². The molecule has 0 aliphatic carbocycles. The molecule has 1 N–H and O–H groups in total. The monoisotopic (exact) mass is 183 g/mol. The SMILES string of the molecule is CC(=O)C1C=NC(C(C)(C)C)C1O. The molecule has 0 fully saturated rings. The summed E-state index contributed by atoms with van der Waals surface area (Å²) in [6, 6.07) is -0.151. The highest BCUT2D eigenvalue weighted by atomic mass is 16.3. The first-order valence-corrected chi connectivity index (χ1v) is 4.56. The summed E-state index contributed by atoms with van der Waals surface area (Å²) in [5.74, 6) is -0.410. The molecule has 0 saturated heterocycles. The van der Waals surface area contributed by atoms with Crippen LogP contribution in [0.2, 0.25) is 0 Å². The molecule has 0 bridgehead atoms. The zero-order valence-corrected chi connectivity index (χ0v) is 8.61. The molecule has 0 saturated carbocycles. The van der Waals surface area contributed by atoms with E-state index >= 15 is 0 Å². The van der Waals surface area contributed by atoms with Gasteiger partial charge >= 0.3 is 0 Å². The van der Waals surface area contributed by atoms with Crippen LogP contribution in [0.15, 0.2) is 4.99 Å². The van der Waals surface area contributed by atoms with Gasteiger partial charge in [-0.15, -0.1) is 0 Å². The highest BCUT2D eigenvalue weighted by Gasteiger charge is 2.40. The lowest BCUT2D eigenvalue weighted by molar-refractivity contribution is -0.121. The van der Waals surface area contributed by atoms with E-state index in [1.54, 1.807) is 6.21 Å². The fourth-order valence-electron chi connectivity index (χ4n) is 1.64. The average Bonchev–Trinajstić information content (AvgIpc) is 2.28. The molecule has 13 heavy (non-hydrogen) atoms. The summed E-state index contributed by atoms with van der Waals surface area (Å²) in [6.45, 7) is 7.53. The van der Waals surface area contributed by atoms with Crippen LogP contribution in [0.4, 0.5) is 0 Å². The van der Waals surface area contributed by atoms with Crippen molar-refractivity contribution in [2.75, 3.05) is 0 Å². The topological polar surface area (TPSA) is 49.7 Å². The zero-order valence-electron chi connectivity index (χ0n) is 8.61. The number of carbonyl (C=O) groups is 1. The van der Waals surface area contributed by atoms with Gasteiger partial charge in [-0.05, 0) is 12.3 Å². The van der Waals surface area contributed by atoms with Gasteiger partial charge in [0.1, 0.15) is 5.78 Å². The third-order valence-corrected chi connectivity index (χ3v) is 2.46. The third kappa shape index (κ3) is 1.97. The predicted molar refractivity (Wildman–Crippen MR) is 51.9 cm³/mol. The molecule has 3 nitrogen and oxygen atoms in total. The van der Waals surface area contributed by atoms with Gasteiger partial charge in [0.05, 0.1) is 18.1 Å². The second-order valence-electron chi connectivity index (χ2n) is 4.74. The fourth-order valence-corrected chi connectivity index (χ4v) is 1.64. The van der Waals surface area contributed by atoms with Crippen LogP contribution in [-0.2, 0) is 4.79 Å². The first-order chi connectivity index (χ1) is 5.84. The molecule has 3 heteroatoms. The average molecular weight is 183 g/mol. The van der Waals surface area contributed by atoms with Crippen molar-refractivity contribution in [1.29, 1.82) is 0 Å². The normalized spacial score (nSPS) is 33.8. The summed E-state index contributed by atoms with van der Waals surface area (Å²) in [5, 5.41) is 9.81. The van der Waals surface area contributed by atoms with Crippen molar-refractivity contribution in [3.8, 4) is 0 Å². The van der Waals surface area contributed by atoms with Crippen LogP contribution in [0.1, 0.15) is 27.7 Å². The maximum Gasteiger partial charge on any atom is 0.140 e. The van der Waals surface area contributed by atoms with Crippen LogP contribution in [0.3, 0.4) is 0 Å². The molecule has 0 aromatic carbocycles. The maximum absolute atomic E-state index is 11.1. The number of ketones is 1. The van der Waals surface area contributed by atoms with Crippen LogP contribution in [0.5, 0.6) is 0 Å². The van der Waals surface area contributed by atoms with E-state index in [0.717, 1.165) is 0 Å². The fraction of sp³-hybridized carbons (Fsp3) is 0.800. The second kappa shape index (κ2) is 3.22. The van der Waals surface area contributed by atoms with Crippen LogP contribution in [-0.4, -0.2) is 29.3 Å². The molecule has 0 aromatic rings. The number of aliphatic hydroxyl groups is 1. The van der Waals surface area contributed by atoms with Crippen LogP contribution in [0.25, 0.3) is 0 Å². The summed E-state index contributed by atoms with van der Waals surface area (Å²) >= 11 is 0. The lowest BCUT2D eigenvalue weighted by atomic mass is 9.81. The molecule has 3 unspecified atom stereocenters. The van der Waals surface area contributed by atoms with Gasteiger partial charge in [-0.2, -0.15) is 0 Å². The first-order valence-electron chi connectivity index (χ1n) is 4.56. The molecule has 0 radical (unpaired) electrons. The minimum atomic E-state index is -0.641. The molecule has 1 rings (SSSR count). The summed E-state index contributed by atoms with van der Waals surface area (Å²) in [4.78, 5) is 15.3. The number of Topliss-reactive ketones (excluding diaryl/α,β-unsaturated/α-hetero) is 1. The Morgan fingerprint density at radius 3 is 2.23 bits per heavy atom. The molecule has 74 valence electrons. The number of carbonyl (C=O) groups excluding carboxylic acids is 1. The molecule has 3 atom stereocenters. The minimum absolute atomic E-state index is 0.0111. The number of nitrogens with zero attached hydrogens (tertiary/aromatic N) is 1. The lowest BCUT2D eigenvalue weighted by Crippen LogP contribution is -2.38. The Balaban J connectivity index is 2.78. The number of rotatable bonds is 1. The third-order valence-electron chi connectivity index (χ3n) is 2.46. The Kier molecular flexibility index (Phi) is 2.57. The van der Waals surface area contributed by atoms with Crippen molar-refractivity contribution >= 4 is 12.0 Å². The van der Waals surface area contributed by atoms with E-state index in [-0.39, 0.29) is 17.2 Å². The van der Waals surface area contributed by atoms with Crippen LogP contribution in [0, 0.1) is 11.3 Å². The highest BCUT2D eigenvalue weighted by Crippen LogP contribution is 2.31. The van der Waals surface area contributed by atoms with Gasteiger partial charge in [-0.3, -0.25) is 9.79 Å². The van der Waals surface area contributed by atoms with Crippen molar-refractivity contribution in [2.24, 2.45) is 16.3 Å². The number of aliphatic hydroxyl groups excluding tert-OH is 1. The van der Waals surface area contributed by atoms with E-state index < -0.39 is 12.0 Å². The summed E-state index contributed by atoms with van der Waals surface area (Å²) in [7, 11) is 0. The lowest BCUT2D eigenvalue weighted by Gasteiger charge is -2.28. The molecular weight excluding hydrogens is 166 g/mol. The van der Waals surface area contributed by atoms with Crippen molar-refractivity contribution in [1.82, 2.24) is 0 Å². The van der Waals surface area contributed by atoms with Gasteiger partial charge in [-0.25, -0.2) is 0 Å². The summed E-state index contributed by atoms with van der Waals surface area (Å²) in [5.41, 5.74) is -0.0832.